The Labute approximate surface area is 126 Å². The van der Waals surface area contributed by atoms with Crippen LogP contribution in [0.2, 0.25) is 10.0 Å². The van der Waals surface area contributed by atoms with Crippen LogP contribution in [0.3, 0.4) is 0 Å². The molecule has 20 heavy (non-hydrogen) atoms. The van der Waals surface area contributed by atoms with Crippen molar-refractivity contribution < 1.29 is 4.74 Å². The van der Waals surface area contributed by atoms with E-state index >= 15 is 0 Å². The molecular weight excluding hydrogens is 301 g/mol. The van der Waals surface area contributed by atoms with Crippen LogP contribution in [-0.4, -0.2) is 27.6 Å². The van der Waals surface area contributed by atoms with Gasteiger partial charge in [-0.3, -0.25) is 0 Å². The summed E-state index contributed by atoms with van der Waals surface area (Å²) in [5.74, 6) is 1.21. The molecule has 0 amide bonds. The van der Waals surface area contributed by atoms with Crippen molar-refractivity contribution in [1.29, 1.82) is 0 Å². The molecule has 2 rings (SSSR count). The van der Waals surface area contributed by atoms with E-state index in [1.165, 1.54) is 6.33 Å². The molecule has 0 aliphatic heterocycles. The predicted octanol–water partition coefficient (Wildman–Crippen LogP) is 2.64. The van der Waals surface area contributed by atoms with Crippen molar-refractivity contribution >= 4 is 35.1 Å². The van der Waals surface area contributed by atoms with Crippen LogP contribution in [-0.2, 0) is 0 Å². The largest absolute Gasteiger partial charge is 0.491 e. The fourth-order valence-electron chi connectivity index (χ4n) is 1.43. The number of nitrogen functional groups attached to an aromatic ring is 1. The van der Waals surface area contributed by atoms with Crippen LogP contribution in [0.15, 0.2) is 24.5 Å². The van der Waals surface area contributed by atoms with E-state index in [0.29, 0.717) is 28.3 Å². The highest BCUT2D eigenvalue weighted by Gasteiger charge is 2.07. The first kappa shape index (κ1) is 14.6. The number of aromatic nitrogens is 3. The van der Waals surface area contributed by atoms with Gasteiger partial charge >= 0.3 is 0 Å². The average Bonchev–Trinajstić information content (AvgIpc) is 2.40. The van der Waals surface area contributed by atoms with Crippen molar-refractivity contribution in [3.05, 3.63) is 34.6 Å². The summed E-state index contributed by atoms with van der Waals surface area (Å²) in [4.78, 5) is 11.6. The Hall–Kier alpha value is -1.79. The molecule has 0 fully saturated rings. The van der Waals surface area contributed by atoms with Crippen LogP contribution in [0.4, 0.5) is 11.9 Å². The third kappa shape index (κ3) is 4.11. The summed E-state index contributed by atoms with van der Waals surface area (Å²) in [6, 6.07) is 5.08. The Kier molecular flexibility index (Phi) is 4.81. The molecule has 106 valence electrons. The van der Waals surface area contributed by atoms with E-state index in [1.807, 2.05) is 6.92 Å². The number of benzene rings is 1. The molecule has 0 aliphatic rings. The molecule has 0 radical (unpaired) electrons. The number of rotatable bonds is 5. The fourth-order valence-corrected chi connectivity index (χ4v) is 1.72. The summed E-state index contributed by atoms with van der Waals surface area (Å²) in [6.45, 7) is 2.33. The maximum absolute atomic E-state index is 5.91. The highest BCUT2D eigenvalue weighted by atomic mass is 35.5. The van der Waals surface area contributed by atoms with Gasteiger partial charge in [0, 0.05) is 6.07 Å². The second kappa shape index (κ2) is 6.58. The van der Waals surface area contributed by atoms with Crippen molar-refractivity contribution in [2.45, 2.75) is 13.0 Å². The quantitative estimate of drug-likeness (QED) is 0.882. The Bertz CT molecular complexity index is 596. The molecule has 0 saturated carbocycles. The SMILES string of the molecule is CC(COc1ccc(Cl)c(Cl)c1)Nc1ncnc(N)n1. The molecule has 2 aromatic rings. The topological polar surface area (TPSA) is 86.0 Å². The van der Waals surface area contributed by atoms with Crippen LogP contribution < -0.4 is 15.8 Å². The summed E-state index contributed by atoms with van der Waals surface area (Å²) in [5.41, 5.74) is 5.47. The number of ether oxygens (including phenoxy) is 1. The molecule has 1 unspecified atom stereocenters. The fraction of sp³-hybridized carbons (Fsp3) is 0.250. The first-order valence-electron chi connectivity index (χ1n) is 5.83. The average molecular weight is 314 g/mol. The van der Waals surface area contributed by atoms with Gasteiger partial charge in [0.25, 0.3) is 0 Å². The summed E-state index contributed by atoms with van der Waals surface area (Å²) in [6.07, 6.45) is 1.34. The third-order valence-corrected chi connectivity index (χ3v) is 3.10. The van der Waals surface area contributed by atoms with E-state index in [0.717, 1.165) is 0 Å². The smallest absolute Gasteiger partial charge is 0.227 e. The standard InChI is InChI=1S/C12H13Cl2N5O/c1-7(18-12-17-6-16-11(15)19-12)5-20-8-2-3-9(13)10(14)4-8/h2-4,6-7H,5H2,1H3,(H3,15,16,17,18,19). The zero-order chi connectivity index (χ0) is 14.5. The lowest BCUT2D eigenvalue weighted by molar-refractivity contribution is 0.303. The second-order valence-corrected chi connectivity index (χ2v) is 4.91. The van der Waals surface area contributed by atoms with Gasteiger partial charge in [0.15, 0.2) is 0 Å². The lowest BCUT2D eigenvalue weighted by Gasteiger charge is -2.15. The highest BCUT2D eigenvalue weighted by molar-refractivity contribution is 6.42. The number of hydrogen-bond donors (Lipinski definition) is 2. The summed E-state index contributed by atoms with van der Waals surface area (Å²) >= 11 is 11.7. The minimum atomic E-state index is -0.0220. The van der Waals surface area contributed by atoms with Gasteiger partial charge in [-0.2, -0.15) is 4.98 Å². The Morgan fingerprint density at radius 2 is 2.10 bits per heavy atom. The lowest BCUT2D eigenvalue weighted by atomic mass is 10.3. The maximum atomic E-state index is 5.91. The molecule has 0 bridgehead atoms. The van der Waals surface area contributed by atoms with Crippen molar-refractivity contribution in [2.75, 3.05) is 17.7 Å². The van der Waals surface area contributed by atoms with Crippen LogP contribution in [0.5, 0.6) is 5.75 Å². The number of anilines is 2. The van der Waals surface area contributed by atoms with E-state index in [4.69, 9.17) is 33.7 Å². The van der Waals surface area contributed by atoms with Crippen molar-refractivity contribution in [3.63, 3.8) is 0 Å². The molecule has 0 spiro atoms. The third-order valence-electron chi connectivity index (χ3n) is 2.36. The highest BCUT2D eigenvalue weighted by Crippen LogP contribution is 2.26. The van der Waals surface area contributed by atoms with E-state index in [-0.39, 0.29) is 12.0 Å². The normalized spacial score (nSPS) is 11.9. The molecule has 6 nitrogen and oxygen atoms in total. The molecule has 0 aliphatic carbocycles. The molecule has 0 saturated heterocycles. The van der Waals surface area contributed by atoms with Crippen LogP contribution in [0, 0.1) is 0 Å². The molecule has 3 N–H and O–H groups in total. The van der Waals surface area contributed by atoms with Crippen molar-refractivity contribution in [1.82, 2.24) is 15.0 Å². The molecular formula is C12H13Cl2N5O. The van der Waals surface area contributed by atoms with E-state index in [2.05, 4.69) is 20.3 Å². The monoisotopic (exact) mass is 313 g/mol. The number of hydrogen-bond acceptors (Lipinski definition) is 6. The van der Waals surface area contributed by atoms with Crippen molar-refractivity contribution in [2.24, 2.45) is 0 Å². The summed E-state index contributed by atoms with van der Waals surface area (Å²) in [7, 11) is 0. The molecule has 1 aromatic carbocycles. The second-order valence-electron chi connectivity index (χ2n) is 4.10. The van der Waals surface area contributed by atoms with E-state index < -0.39 is 0 Å². The van der Waals surface area contributed by atoms with Crippen LogP contribution in [0.1, 0.15) is 6.92 Å². The van der Waals surface area contributed by atoms with Gasteiger partial charge in [0.05, 0.1) is 16.1 Å². The van der Waals surface area contributed by atoms with E-state index in [9.17, 15) is 0 Å². The number of nitrogens with two attached hydrogens (primary N) is 1. The number of nitrogens with zero attached hydrogens (tertiary/aromatic N) is 3. The molecule has 1 atom stereocenters. The van der Waals surface area contributed by atoms with Gasteiger partial charge in [-0.25, -0.2) is 9.97 Å². The Balaban J connectivity index is 1.88. The minimum absolute atomic E-state index is 0.0220. The Morgan fingerprint density at radius 1 is 1.30 bits per heavy atom. The summed E-state index contributed by atoms with van der Waals surface area (Å²) < 4.78 is 5.60. The first-order chi connectivity index (χ1) is 9.54. The molecule has 1 heterocycles. The first-order valence-corrected chi connectivity index (χ1v) is 6.59. The van der Waals surface area contributed by atoms with Gasteiger partial charge in [-0.05, 0) is 19.1 Å². The van der Waals surface area contributed by atoms with Gasteiger partial charge in [-0.15, -0.1) is 0 Å². The van der Waals surface area contributed by atoms with E-state index in [1.54, 1.807) is 18.2 Å². The van der Waals surface area contributed by atoms with Gasteiger partial charge in [0.2, 0.25) is 11.9 Å². The molecule has 8 heteroatoms. The van der Waals surface area contributed by atoms with Gasteiger partial charge in [0.1, 0.15) is 18.7 Å². The number of nitrogens with one attached hydrogen (secondary N) is 1. The molecule has 1 aromatic heterocycles. The Morgan fingerprint density at radius 3 is 2.80 bits per heavy atom. The minimum Gasteiger partial charge on any atom is -0.491 e. The van der Waals surface area contributed by atoms with Gasteiger partial charge < -0.3 is 15.8 Å². The zero-order valence-corrected chi connectivity index (χ0v) is 12.2. The summed E-state index contributed by atoms with van der Waals surface area (Å²) in [5, 5.41) is 4.00. The zero-order valence-electron chi connectivity index (χ0n) is 10.7. The maximum Gasteiger partial charge on any atom is 0.227 e. The lowest BCUT2D eigenvalue weighted by Crippen LogP contribution is -2.24. The van der Waals surface area contributed by atoms with Crippen LogP contribution >= 0.6 is 23.2 Å². The van der Waals surface area contributed by atoms with Crippen LogP contribution in [0.25, 0.3) is 0 Å². The van der Waals surface area contributed by atoms with Crippen molar-refractivity contribution in [3.8, 4) is 5.75 Å². The predicted molar refractivity (Wildman–Crippen MR) is 79.3 cm³/mol. The van der Waals surface area contributed by atoms with Gasteiger partial charge in [-0.1, -0.05) is 23.2 Å². The number of halogens is 2.